The fraction of sp³-hybridized carbons (Fsp3) is 0.120. The summed E-state index contributed by atoms with van der Waals surface area (Å²) in [6, 6.07) is 21.8. The molecular weight excluding hydrogens is 470 g/mol. The molecule has 172 valence electrons. The zero-order chi connectivity index (χ0) is 24.1. The molecule has 4 rings (SSSR count). The van der Waals surface area contributed by atoms with E-state index in [1.165, 1.54) is 23.9 Å². The summed E-state index contributed by atoms with van der Waals surface area (Å²) in [5.74, 6) is 0.561. The summed E-state index contributed by atoms with van der Waals surface area (Å²) in [5, 5.41) is 24.2. The highest BCUT2D eigenvalue weighted by atomic mass is 35.5. The number of nitrogens with zero attached hydrogens (tertiary/aromatic N) is 3. The number of H-pyrrole nitrogens is 1. The highest BCUT2D eigenvalue weighted by molar-refractivity contribution is 7.99. The molecule has 0 unspecified atom stereocenters. The van der Waals surface area contributed by atoms with Gasteiger partial charge in [-0.15, -0.1) is 10.8 Å². The maximum absolute atomic E-state index is 12.5. The van der Waals surface area contributed by atoms with Gasteiger partial charge in [-0.05, 0) is 67.6 Å². The number of thioether (sulfide) groups is 1. The normalized spacial score (nSPS) is 11.4. The van der Waals surface area contributed by atoms with Crippen molar-refractivity contribution in [1.82, 2.24) is 15.6 Å². The maximum Gasteiger partial charge on any atom is 0.342 e. The van der Waals surface area contributed by atoms with E-state index in [2.05, 4.69) is 20.7 Å². The Labute approximate surface area is 206 Å². The van der Waals surface area contributed by atoms with E-state index < -0.39 is 0 Å². The third-order valence-corrected chi connectivity index (χ3v) is 6.23. The Morgan fingerprint density at radius 2 is 1.76 bits per heavy atom. The Morgan fingerprint density at radius 1 is 1.09 bits per heavy atom. The molecule has 0 aliphatic rings. The smallest absolute Gasteiger partial charge is 0.342 e. The third kappa shape index (κ3) is 5.65. The average molecular weight is 492 g/mol. The molecule has 0 radical (unpaired) electrons. The number of halogens is 1. The lowest BCUT2D eigenvalue weighted by Gasteiger charge is -2.06. The van der Waals surface area contributed by atoms with Crippen LogP contribution >= 0.6 is 23.4 Å². The van der Waals surface area contributed by atoms with Gasteiger partial charge in [-0.25, -0.2) is 5.43 Å². The van der Waals surface area contributed by atoms with Crippen LogP contribution in [0.15, 0.2) is 83.1 Å². The van der Waals surface area contributed by atoms with Gasteiger partial charge in [0.1, 0.15) is 5.69 Å². The minimum Gasteiger partial charge on any atom is -0.872 e. The average Bonchev–Trinajstić information content (AvgIpc) is 3.26. The van der Waals surface area contributed by atoms with Gasteiger partial charge in [0.05, 0.1) is 22.1 Å². The predicted molar refractivity (Wildman–Crippen MR) is 132 cm³/mol. The quantitative estimate of drug-likeness (QED) is 0.176. The second-order valence-corrected chi connectivity index (χ2v) is 8.96. The van der Waals surface area contributed by atoms with Gasteiger partial charge in [0.25, 0.3) is 11.7 Å². The fourth-order valence-electron chi connectivity index (χ4n) is 3.20. The highest BCUT2D eigenvalue weighted by Gasteiger charge is 2.24. The molecule has 1 amide bonds. The fourth-order valence-corrected chi connectivity index (χ4v) is 4.08. The van der Waals surface area contributed by atoms with Gasteiger partial charge in [0.2, 0.25) is 0 Å². The molecule has 0 spiro atoms. The van der Waals surface area contributed by atoms with Gasteiger partial charge in [0, 0.05) is 5.02 Å². The molecule has 34 heavy (non-hydrogen) atoms. The van der Waals surface area contributed by atoms with E-state index in [9.17, 15) is 9.90 Å². The van der Waals surface area contributed by atoms with Gasteiger partial charge in [-0.2, -0.15) is 9.67 Å². The first-order valence-corrected chi connectivity index (χ1v) is 11.8. The first kappa shape index (κ1) is 23.5. The second-order valence-electron chi connectivity index (χ2n) is 7.58. The SMILES string of the molecule is C/C(=N/NC(=O)CSc1n[nH]c(-c2ccc(C)cc2)[n+]1-c1ccc(Cl)cc1)c1ccc([O-])cc1. The second kappa shape index (κ2) is 10.5. The van der Waals surface area contributed by atoms with Crippen LogP contribution in [0.1, 0.15) is 18.1 Å². The first-order valence-electron chi connectivity index (χ1n) is 10.5. The van der Waals surface area contributed by atoms with E-state index in [0.29, 0.717) is 15.9 Å². The molecule has 0 saturated carbocycles. The highest BCUT2D eigenvalue weighted by Crippen LogP contribution is 2.21. The topological polar surface area (TPSA) is 97.1 Å². The van der Waals surface area contributed by atoms with Crippen LogP contribution < -0.4 is 15.1 Å². The summed E-state index contributed by atoms with van der Waals surface area (Å²) in [4.78, 5) is 12.5. The Kier molecular flexibility index (Phi) is 7.30. The molecule has 0 saturated heterocycles. The third-order valence-electron chi connectivity index (χ3n) is 5.03. The molecule has 7 nitrogen and oxygen atoms in total. The largest absolute Gasteiger partial charge is 0.872 e. The summed E-state index contributed by atoms with van der Waals surface area (Å²) in [6.45, 7) is 3.80. The van der Waals surface area contributed by atoms with Gasteiger partial charge in [0.15, 0.2) is 0 Å². The van der Waals surface area contributed by atoms with Crippen LogP contribution in [0.4, 0.5) is 0 Å². The molecule has 1 heterocycles. The van der Waals surface area contributed by atoms with Crippen molar-refractivity contribution < 1.29 is 14.5 Å². The van der Waals surface area contributed by atoms with Crippen molar-refractivity contribution in [1.29, 1.82) is 0 Å². The van der Waals surface area contributed by atoms with Crippen LogP contribution in [0, 0.1) is 6.92 Å². The number of carbonyl (C=O) groups excluding carboxylic acids is 1. The van der Waals surface area contributed by atoms with Crippen LogP contribution in [0.3, 0.4) is 0 Å². The van der Waals surface area contributed by atoms with Crippen LogP contribution in [-0.2, 0) is 4.79 Å². The molecule has 0 aliphatic carbocycles. The monoisotopic (exact) mass is 491 g/mol. The van der Waals surface area contributed by atoms with Crippen molar-refractivity contribution in [2.75, 3.05) is 5.75 Å². The van der Waals surface area contributed by atoms with Crippen LogP contribution in [0.5, 0.6) is 5.75 Å². The number of amides is 1. The van der Waals surface area contributed by atoms with Gasteiger partial charge in [-0.1, -0.05) is 53.6 Å². The van der Waals surface area contributed by atoms with Crippen molar-refractivity contribution in [2.24, 2.45) is 5.10 Å². The van der Waals surface area contributed by atoms with E-state index in [0.717, 1.165) is 28.2 Å². The van der Waals surface area contributed by atoms with Gasteiger partial charge < -0.3 is 5.11 Å². The number of carbonyl (C=O) groups is 1. The minimum atomic E-state index is -0.271. The van der Waals surface area contributed by atoms with Crippen molar-refractivity contribution in [3.63, 3.8) is 0 Å². The van der Waals surface area contributed by atoms with E-state index in [-0.39, 0.29) is 17.4 Å². The van der Waals surface area contributed by atoms with Crippen LogP contribution in [0.25, 0.3) is 17.1 Å². The summed E-state index contributed by atoms with van der Waals surface area (Å²) >= 11 is 7.37. The number of rotatable bonds is 7. The van der Waals surface area contributed by atoms with E-state index in [1.54, 1.807) is 19.1 Å². The number of hydrogen-bond donors (Lipinski definition) is 2. The predicted octanol–water partition coefficient (Wildman–Crippen LogP) is 4.02. The molecule has 4 aromatic rings. The molecule has 0 aliphatic heterocycles. The van der Waals surface area contributed by atoms with Gasteiger partial charge >= 0.3 is 5.16 Å². The molecule has 3 aromatic carbocycles. The van der Waals surface area contributed by atoms with E-state index >= 15 is 0 Å². The number of benzene rings is 3. The summed E-state index contributed by atoms with van der Waals surface area (Å²) in [7, 11) is 0. The number of hydrazone groups is 1. The zero-order valence-electron chi connectivity index (χ0n) is 18.6. The molecular formula is C25H22ClN5O2S. The summed E-state index contributed by atoms with van der Waals surface area (Å²) in [6.07, 6.45) is 0. The Balaban J connectivity index is 1.52. The number of aromatic nitrogens is 3. The standard InChI is InChI=1S/C25H22ClN5O2S/c1-16-3-5-19(6-4-16)24-29-30-25(31(24)21-11-9-20(26)10-12-21)34-15-23(33)28-27-17(2)18-7-13-22(32)14-8-18/h3-14H,15H2,1-2H3,(H2,27,28,32,33). The Morgan fingerprint density at radius 3 is 2.44 bits per heavy atom. The van der Waals surface area contributed by atoms with E-state index in [1.807, 2.05) is 60.0 Å². The summed E-state index contributed by atoms with van der Waals surface area (Å²) < 4.78 is 1.96. The lowest BCUT2D eigenvalue weighted by molar-refractivity contribution is -0.625. The van der Waals surface area contributed by atoms with Gasteiger partial charge in [-0.3, -0.25) is 4.79 Å². The Bertz CT molecular complexity index is 1320. The molecule has 0 bridgehead atoms. The summed E-state index contributed by atoms with van der Waals surface area (Å²) in [5.41, 5.74) is 6.93. The van der Waals surface area contributed by atoms with Crippen LogP contribution in [-0.4, -0.2) is 27.6 Å². The lowest BCUT2D eigenvalue weighted by atomic mass is 10.1. The lowest BCUT2D eigenvalue weighted by Crippen LogP contribution is -2.34. The number of aryl methyl sites for hydroxylation is 1. The molecule has 1 aromatic heterocycles. The van der Waals surface area contributed by atoms with E-state index in [4.69, 9.17) is 11.6 Å². The van der Waals surface area contributed by atoms with Crippen molar-refractivity contribution in [2.45, 2.75) is 19.0 Å². The molecule has 2 N–H and O–H groups in total. The first-order chi connectivity index (χ1) is 16.4. The number of nitrogens with one attached hydrogen (secondary N) is 2. The Hall–Kier alpha value is -3.62. The molecule has 0 atom stereocenters. The number of aromatic amines is 1. The maximum atomic E-state index is 12.5. The molecule has 0 fully saturated rings. The van der Waals surface area contributed by atoms with Crippen molar-refractivity contribution >= 4 is 35.0 Å². The molecule has 9 heteroatoms. The van der Waals surface area contributed by atoms with Crippen molar-refractivity contribution in [3.8, 4) is 22.8 Å². The number of hydrogen-bond acceptors (Lipinski definition) is 5. The van der Waals surface area contributed by atoms with Crippen molar-refractivity contribution in [3.05, 3.63) is 88.9 Å². The minimum absolute atomic E-state index is 0.0741. The zero-order valence-corrected chi connectivity index (χ0v) is 20.2. The van der Waals surface area contributed by atoms with Crippen LogP contribution in [0.2, 0.25) is 5.02 Å².